The Bertz CT molecular complexity index is 681. The van der Waals surface area contributed by atoms with Crippen LogP contribution in [0.1, 0.15) is 19.4 Å². The van der Waals surface area contributed by atoms with Crippen LogP contribution in [0.3, 0.4) is 0 Å². The molecule has 0 amide bonds. The lowest BCUT2D eigenvalue weighted by molar-refractivity contribution is 0.408. The zero-order valence-electron chi connectivity index (χ0n) is 11.5. The van der Waals surface area contributed by atoms with Crippen LogP contribution in [0.2, 0.25) is 0 Å². The Labute approximate surface area is 119 Å². The van der Waals surface area contributed by atoms with Crippen LogP contribution in [-0.2, 0) is 26.6 Å². The molecular formula is C11H18N2O5S2. The van der Waals surface area contributed by atoms with E-state index in [1.165, 1.54) is 25.3 Å². The van der Waals surface area contributed by atoms with Crippen molar-refractivity contribution in [3.8, 4) is 5.75 Å². The van der Waals surface area contributed by atoms with Crippen LogP contribution in [0.4, 0.5) is 0 Å². The Morgan fingerprint density at radius 2 is 1.85 bits per heavy atom. The lowest BCUT2D eigenvalue weighted by Crippen LogP contribution is -2.30. The van der Waals surface area contributed by atoms with Gasteiger partial charge in [-0.1, -0.05) is 0 Å². The number of ether oxygens (including phenoxy) is 1. The van der Waals surface area contributed by atoms with Gasteiger partial charge in [-0.15, -0.1) is 0 Å². The molecule has 114 valence electrons. The molecule has 0 saturated heterocycles. The number of primary sulfonamides is 1. The molecule has 0 atom stereocenters. The van der Waals surface area contributed by atoms with E-state index in [1.54, 1.807) is 13.8 Å². The third-order valence-corrected chi connectivity index (χ3v) is 5.36. The fourth-order valence-corrected chi connectivity index (χ4v) is 2.67. The second-order valence-corrected chi connectivity index (χ2v) is 8.32. The third-order valence-electron chi connectivity index (χ3n) is 2.66. The number of benzene rings is 1. The van der Waals surface area contributed by atoms with Crippen molar-refractivity contribution in [2.24, 2.45) is 5.14 Å². The molecule has 0 spiro atoms. The summed E-state index contributed by atoms with van der Waals surface area (Å²) in [5.41, 5.74) is 0.392. The summed E-state index contributed by atoms with van der Waals surface area (Å²) in [6.07, 6.45) is 0. The van der Waals surface area contributed by atoms with Gasteiger partial charge < -0.3 is 4.74 Å². The minimum Gasteiger partial charge on any atom is -0.496 e. The van der Waals surface area contributed by atoms with Crippen molar-refractivity contribution in [1.29, 1.82) is 0 Å². The molecule has 1 rings (SSSR count). The van der Waals surface area contributed by atoms with Crippen molar-refractivity contribution in [3.05, 3.63) is 23.8 Å². The molecule has 0 fully saturated rings. The van der Waals surface area contributed by atoms with E-state index >= 15 is 0 Å². The Hall–Kier alpha value is -1.16. The number of sulfonamides is 2. The molecule has 0 unspecified atom stereocenters. The Balaban J connectivity index is 3.11. The largest absolute Gasteiger partial charge is 0.496 e. The topological polar surface area (TPSA) is 116 Å². The van der Waals surface area contributed by atoms with Gasteiger partial charge in [0.2, 0.25) is 20.0 Å². The molecule has 0 heterocycles. The van der Waals surface area contributed by atoms with Gasteiger partial charge in [0.15, 0.2) is 0 Å². The maximum atomic E-state index is 11.7. The van der Waals surface area contributed by atoms with Crippen LogP contribution in [-0.4, -0.2) is 29.2 Å². The lowest BCUT2D eigenvalue weighted by atomic mass is 10.2. The Morgan fingerprint density at radius 3 is 2.30 bits per heavy atom. The van der Waals surface area contributed by atoms with E-state index in [4.69, 9.17) is 9.88 Å². The van der Waals surface area contributed by atoms with Gasteiger partial charge in [-0.3, -0.25) is 0 Å². The molecule has 1 aromatic carbocycles. The SMILES string of the molecule is COc1ccc(S(N)(=O)=O)cc1CNS(=O)(=O)C(C)C. The molecular weight excluding hydrogens is 304 g/mol. The third kappa shape index (κ3) is 4.17. The fraction of sp³-hybridized carbons (Fsp3) is 0.455. The highest BCUT2D eigenvalue weighted by Gasteiger charge is 2.17. The summed E-state index contributed by atoms with van der Waals surface area (Å²) in [5.74, 6) is 0.379. The van der Waals surface area contributed by atoms with Crippen molar-refractivity contribution in [1.82, 2.24) is 4.72 Å². The maximum absolute atomic E-state index is 11.7. The van der Waals surface area contributed by atoms with Crippen molar-refractivity contribution in [2.45, 2.75) is 30.5 Å². The predicted molar refractivity (Wildman–Crippen MR) is 75.3 cm³/mol. The molecule has 7 nitrogen and oxygen atoms in total. The van der Waals surface area contributed by atoms with Crippen molar-refractivity contribution < 1.29 is 21.6 Å². The summed E-state index contributed by atoms with van der Waals surface area (Å²) < 4.78 is 53.4. The summed E-state index contributed by atoms with van der Waals surface area (Å²) in [7, 11) is -5.90. The number of rotatable bonds is 6. The number of nitrogens with one attached hydrogen (secondary N) is 1. The van der Waals surface area contributed by atoms with E-state index in [-0.39, 0.29) is 11.4 Å². The van der Waals surface area contributed by atoms with Crippen LogP contribution < -0.4 is 14.6 Å². The Kier molecular flexibility index (Phi) is 5.14. The summed E-state index contributed by atoms with van der Waals surface area (Å²) >= 11 is 0. The Morgan fingerprint density at radius 1 is 1.25 bits per heavy atom. The molecule has 3 N–H and O–H groups in total. The van der Waals surface area contributed by atoms with E-state index in [2.05, 4.69) is 4.72 Å². The summed E-state index contributed by atoms with van der Waals surface area (Å²) in [6.45, 7) is 3.01. The first kappa shape index (κ1) is 16.9. The minimum atomic E-state index is -3.85. The number of methoxy groups -OCH3 is 1. The first-order chi connectivity index (χ1) is 9.08. The van der Waals surface area contributed by atoms with E-state index in [9.17, 15) is 16.8 Å². The van der Waals surface area contributed by atoms with Crippen LogP contribution in [0, 0.1) is 0 Å². The monoisotopic (exact) mass is 322 g/mol. The number of hydrogen-bond donors (Lipinski definition) is 2. The molecule has 0 aliphatic rings. The first-order valence-electron chi connectivity index (χ1n) is 5.76. The van der Waals surface area contributed by atoms with Crippen molar-refractivity contribution in [3.63, 3.8) is 0 Å². The lowest BCUT2D eigenvalue weighted by Gasteiger charge is -2.13. The minimum absolute atomic E-state index is 0.0763. The average molecular weight is 322 g/mol. The summed E-state index contributed by atoms with van der Waals surface area (Å²) in [6, 6.07) is 4.02. The van der Waals surface area contributed by atoms with Gasteiger partial charge >= 0.3 is 0 Å². The van der Waals surface area contributed by atoms with Gasteiger partial charge in [0.05, 0.1) is 17.3 Å². The number of nitrogens with two attached hydrogens (primary N) is 1. The van der Waals surface area contributed by atoms with Crippen molar-refractivity contribution in [2.75, 3.05) is 7.11 Å². The zero-order chi connectivity index (χ0) is 15.6. The van der Waals surface area contributed by atoms with Crippen LogP contribution in [0.25, 0.3) is 0 Å². The van der Waals surface area contributed by atoms with Gasteiger partial charge in [0.1, 0.15) is 5.75 Å². The fourth-order valence-electron chi connectivity index (χ4n) is 1.42. The molecule has 0 aliphatic heterocycles. The maximum Gasteiger partial charge on any atom is 0.238 e. The highest BCUT2D eigenvalue weighted by atomic mass is 32.2. The van der Waals surface area contributed by atoms with E-state index in [0.29, 0.717) is 11.3 Å². The molecule has 0 radical (unpaired) electrons. The van der Waals surface area contributed by atoms with E-state index < -0.39 is 25.3 Å². The van der Waals surface area contributed by atoms with Crippen LogP contribution >= 0.6 is 0 Å². The molecule has 9 heteroatoms. The van der Waals surface area contributed by atoms with Gasteiger partial charge in [-0.05, 0) is 32.0 Å². The molecule has 20 heavy (non-hydrogen) atoms. The van der Waals surface area contributed by atoms with Gasteiger partial charge in [-0.2, -0.15) is 0 Å². The van der Waals surface area contributed by atoms with E-state index in [0.717, 1.165) is 0 Å². The summed E-state index contributed by atoms with van der Waals surface area (Å²) in [4.78, 5) is -0.1000. The first-order valence-corrected chi connectivity index (χ1v) is 8.85. The normalized spacial score (nSPS) is 12.7. The number of hydrogen-bond acceptors (Lipinski definition) is 5. The zero-order valence-corrected chi connectivity index (χ0v) is 13.1. The predicted octanol–water partition coefficient (Wildman–Crippen LogP) is 0.170. The standard InChI is InChI=1S/C11H18N2O5S2/c1-8(2)20(16,17)13-7-9-6-10(19(12,14)15)4-5-11(9)18-3/h4-6,8,13H,7H2,1-3H3,(H2,12,14,15). The highest BCUT2D eigenvalue weighted by Crippen LogP contribution is 2.22. The highest BCUT2D eigenvalue weighted by molar-refractivity contribution is 7.90. The van der Waals surface area contributed by atoms with Crippen LogP contribution in [0.5, 0.6) is 5.75 Å². The molecule has 0 aromatic heterocycles. The van der Waals surface area contributed by atoms with Gasteiger partial charge in [0.25, 0.3) is 0 Å². The molecule has 0 saturated carbocycles. The second kappa shape index (κ2) is 6.08. The summed E-state index contributed by atoms with van der Waals surface area (Å²) in [5, 5.41) is 4.45. The average Bonchev–Trinajstić information content (AvgIpc) is 2.34. The molecule has 0 bridgehead atoms. The quantitative estimate of drug-likeness (QED) is 0.774. The van der Waals surface area contributed by atoms with Crippen LogP contribution in [0.15, 0.2) is 23.1 Å². The van der Waals surface area contributed by atoms with Gasteiger partial charge in [0, 0.05) is 12.1 Å². The smallest absolute Gasteiger partial charge is 0.238 e. The second-order valence-electron chi connectivity index (χ2n) is 4.43. The van der Waals surface area contributed by atoms with Crippen molar-refractivity contribution >= 4 is 20.0 Å². The van der Waals surface area contributed by atoms with Gasteiger partial charge in [-0.25, -0.2) is 26.7 Å². The molecule has 0 aliphatic carbocycles. The van der Waals surface area contributed by atoms with E-state index in [1.807, 2.05) is 0 Å². The molecule has 1 aromatic rings.